The second kappa shape index (κ2) is 4.37. The number of aliphatic hydroxyl groups is 1. The van der Waals surface area contributed by atoms with Crippen LogP contribution in [0.25, 0.3) is 0 Å². The summed E-state index contributed by atoms with van der Waals surface area (Å²) in [5.74, 6) is 0.614. The molecular formula is C11H14ClNO2. The molecule has 0 aromatic carbocycles. The van der Waals surface area contributed by atoms with Crippen molar-refractivity contribution in [3.8, 4) is 5.75 Å². The molecule has 1 N–H and O–H groups in total. The van der Waals surface area contributed by atoms with Crippen LogP contribution in [0.3, 0.4) is 0 Å². The first-order valence-corrected chi connectivity index (χ1v) is 5.52. The standard InChI is InChI=1S/C11H14ClNO2/c12-9-5-10(7-13-6-9)15-8-11(14)3-1-2-4-11/h5-7,14H,1-4,8H2. The molecule has 3 nitrogen and oxygen atoms in total. The van der Waals surface area contributed by atoms with Crippen molar-refractivity contribution in [3.63, 3.8) is 0 Å². The lowest BCUT2D eigenvalue weighted by molar-refractivity contribution is 0.00131. The molecule has 82 valence electrons. The van der Waals surface area contributed by atoms with E-state index in [1.807, 2.05) is 0 Å². The highest BCUT2D eigenvalue weighted by Gasteiger charge is 2.31. The highest BCUT2D eigenvalue weighted by Crippen LogP contribution is 2.30. The van der Waals surface area contributed by atoms with Crippen LogP contribution in [-0.4, -0.2) is 22.3 Å². The van der Waals surface area contributed by atoms with E-state index in [1.165, 1.54) is 0 Å². The van der Waals surface area contributed by atoms with Gasteiger partial charge in [-0.25, -0.2) is 0 Å². The predicted molar refractivity (Wildman–Crippen MR) is 58.2 cm³/mol. The molecule has 1 aliphatic carbocycles. The summed E-state index contributed by atoms with van der Waals surface area (Å²) in [5.41, 5.74) is -0.650. The Hall–Kier alpha value is -0.800. The van der Waals surface area contributed by atoms with Crippen LogP contribution in [0.1, 0.15) is 25.7 Å². The number of hydrogen-bond donors (Lipinski definition) is 1. The van der Waals surface area contributed by atoms with Gasteiger partial charge in [-0.2, -0.15) is 0 Å². The van der Waals surface area contributed by atoms with Crippen LogP contribution in [0.4, 0.5) is 0 Å². The third-order valence-electron chi connectivity index (χ3n) is 2.72. The SMILES string of the molecule is OC1(COc2cncc(Cl)c2)CCCC1. The first-order chi connectivity index (χ1) is 7.18. The highest BCUT2D eigenvalue weighted by atomic mass is 35.5. The largest absolute Gasteiger partial charge is 0.489 e. The molecule has 0 atom stereocenters. The van der Waals surface area contributed by atoms with Gasteiger partial charge in [-0.3, -0.25) is 4.98 Å². The van der Waals surface area contributed by atoms with Crippen molar-refractivity contribution in [2.75, 3.05) is 6.61 Å². The van der Waals surface area contributed by atoms with Gasteiger partial charge in [0.15, 0.2) is 0 Å². The van der Waals surface area contributed by atoms with Crippen LogP contribution < -0.4 is 4.74 Å². The fraction of sp³-hybridized carbons (Fsp3) is 0.545. The molecule has 1 saturated carbocycles. The zero-order chi connectivity index (χ0) is 10.7. The maximum absolute atomic E-state index is 10.0. The van der Waals surface area contributed by atoms with Crippen LogP contribution in [0.5, 0.6) is 5.75 Å². The van der Waals surface area contributed by atoms with Gasteiger partial charge in [-0.15, -0.1) is 0 Å². The third kappa shape index (κ3) is 2.83. The Bertz CT molecular complexity index is 337. The Morgan fingerprint density at radius 1 is 1.40 bits per heavy atom. The summed E-state index contributed by atoms with van der Waals surface area (Å²) in [6, 6.07) is 1.70. The van der Waals surface area contributed by atoms with Gasteiger partial charge in [0.1, 0.15) is 12.4 Å². The molecular weight excluding hydrogens is 214 g/mol. The fourth-order valence-electron chi connectivity index (χ4n) is 1.87. The van der Waals surface area contributed by atoms with Crippen LogP contribution in [0.2, 0.25) is 5.02 Å². The molecule has 0 bridgehead atoms. The predicted octanol–water partition coefficient (Wildman–Crippen LogP) is 2.42. The molecule has 4 heteroatoms. The molecule has 1 aromatic rings. The van der Waals surface area contributed by atoms with Crippen LogP contribution in [0.15, 0.2) is 18.5 Å². The van der Waals surface area contributed by atoms with E-state index in [0.29, 0.717) is 17.4 Å². The lowest BCUT2D eigenvalue weighted by Crippen LogP contribution is -2.32. The summed E-state index contributed by atoms with van der Waals surface area (Å²) < 4.78 is 5.48. The zero-order valence-corrected chi connectivity index (χ0v) is 9.20. The summed E-state index contributed by atoms with van der Waals surface area (Å²) in [6.07, 6.45) is 6.95. The first-order valence-electron chi connectivity index (χ1n) is 5.14. The van der Waals surface area contributed by atoms with Gasteiger partial charge in [0.2, 0.25) is 0 Å². The van der Waals surface area contributed by atoms with Gasteiger partial charge >= 0.3 is 0 Å². The van der Waals surface area contributed by atoms with Gasteiger partial charge in [-0.05, 0) is 12.8 Å². The number of rotatable bonds is 3. The normalized spacial score (nSPS) is 19.1. The van der Waals surface area contributed by atoms with E-state index < -0.39 is 5.60 Å². The van der Waals surface area contributed by atoms with E-state index in [1.54, 1.807) is 18.5 Å². The van der Waals surface area contributed by atoms with Crippen molar-refractivity contribution in [3.05, 3.63) is 23.5 Å². The van der Waals surface area contributed by atoms with Crippen LogP contribution >= 0.6 is 11.6 Å². The molecule has 0 radical (unpaired) electrons. The second-order valence-corrected chi connectivity index (χ2v) is 4.50. The Labute approximate surface area is 94.0 Å². The minimum Gasteiger partial charge on any atom is -0.489 e. The van der Waals surface area contributed by atoms with E-state index >= 15 is 0 Å². The molecule has 1 heterocycles. The maximum Gasteiger partial charge on any atom is 0.139 e. The Kier molecular flexibility index (Phi) is 3.12. The van der Waals surface area contributed by atoms with Crippen LogP contribution in [0, 0.1) is 0 Å². The number of pyridine rings is 1. The third-order valence-corrected chi connectivity index (χ3v) is 2.93. The highest BCUT2D eigenvalue weighted by molar-refractivity contribution is 6.30. The Morgan fingerprint density at radius 3 is 2.80 bits per heavy atom. The molecule has 1 aromatic heterocycles. The minimum absolute atomic E-state index is 0.328. The van der Waals surface area contributed by atoms with Crippen molar-refractivity contribution in [2.24, 2.45) is 0 Å². The Morgan fingerprint density at radius 2 is 2.13 bits per heavy atom. The van der Waals surface area contributed by atoms with Gasteiger partial charge in [-0.1, -0.05) is 24.4 Å². The van der Waals surface area contributed by atoms with Crippen molar-refractivity contribution in [1.29, 1.82) is 0 Å². The minimum atomic E-state index is -0.650. The van der Waals surface area contributed by atoms with E-state index in [0.717, 1.165) is 25.7 Å². The van der Waals surface area contributed by atoms with Crippen molar-refractivity contribution < 1.29 is 9.84 Å². The summed E-state index contributed by atoms with van der Waals surface area (Å²) >= 11 is 5.77. The van der Waals surface area contributed by atoms with E-state index in [-0.39, 0.29) is 0 Å². The van der Waals surface area contributed by atoms with E-state index in [4.69, 9.17) is 16.3 Å². The summed E-state index contributed by atoms with van der Waals surface area (Å²) in [5, 5.41) is 10.6. The molecule has 0 unspecified atom stereocenters. The number of ether oxygens (including phenoxy) is 1. The first kappa shape index (κ1) is 10.7. The zero-order valence-electron chi connectivity index (χ0n) is 8.45. The molecule has 0 amide bonds. The van der Waals surface area contributed by atoms with Gasteiger partial charge in [0.05, 0.1) is 16.8 Å². The van der Waals surface area contributed by atoms with Gasteiger partial charge in [0, 0.05) is 12.3 Å². The number of halogens is 1. The lowest BCUT2D eigenvalue weighted by Gasteiger charge is -2.21. The fourth-order valence-corrected chi connectivity index (χ4v) is 2.03. The maximum atomic E-state index is 10.0. The summed E-state index contributed by atoms with van der Waals surface area (Å²) in [7, 11) is 0. The Balaban J connectivity index is 1.92. The van der Waals surface area contributed by atoms with Crippen LogP contribution in [-0.2, 0) is 0 Å². The lowest BCUT2D eigenvalue weighted by atomic mass is 10.0. The van der Waals surface area contributed by atoms with E-state index in [9.17, 15) is 5.11 Å². The second-order valence-electron chi connectivity index (χ2n) is 4.06. The number of aromatic nitrogens is 1. The average Bonchev–Trinajstić information content (AvgIpc) is 2.63. The molecule has 1 aliphatic rings. The number of hydrogen-bond acceptors (Lipinski definition) is 3. The molecule has 15 heavy (non-hydrogen) atoms. The summed E-state index contributed by atoms with van der Waals surface area (Å²) in [4.78, 5) is 3.91. The molecule has 0 aliphatic heterocycles. The monoisotopic (exact) mass is 227 g/mol. The number of nitrogens with zero attached hydrogens (tertiary/aromatic N) is 1. The van der Waals surface area contributed by atoms with E-state index in [2.05, 4.69) is 4.98 Å². The molecule has 2 rings (SSSR count). The smallest absolute Gasteiger partial charge is 0.139 e. The van der Waals surface area contributed by atoms with Crippen molar-refractivity contribution >= 4 is 11.6 Å². The molecule has 1 fully saturated rings. The summed E-state index contributed by atoms with van der Waals surface area (Å²) in [6.45, 7) is 0.328. The topological polar surface area (TPSA) is 42.4 Å². The average molecular weight is 228 g/mol. The van der Waals surface area contributed by atoms with Gasteiger partial charge < -0.3 is 9.84 Å². The molecule has 0 saturated heterocycles. The molecule has 0 spiro atoms. The van der Waals surface area contributed by atoms with Crippen molar-refractivity contribution in [2.45, 2.75) is 31.3 Å². The van der Waals surface area contributed by atoms with Gasteiger partial charge in [0.25, 0.3) is 0 Å². The van der Waals surface area contributed by atoms with Crippen molar-refractivity contribution in [1.82, 2.24) is 4.98 Å². The quantitative estimate of drug-likeness (QED) is 0.863.